The second-order valence-electron chi connectivity index (χ2n) is 5.51. The van der Waals surface area contributed by atoms with E-state index in [0.717, 1.165) is 22.2 Å². The third-order valence-electron chi connectivity index (χ3n) is 3.73. The predicted octanol–water partition coefficient (Wildman–Crippen LogP) is 3.14. The lowest BCUT2D eigenvalue weighted by Gasteiger charge is -2.19. The van der Waals surface area contributed by atoms with Gasteiger partial charge in [-0.2, -0.15) is 0 Å². The maximum absolute atomic E-state index is 11.3. The van der Waals surface area contributed by atoms with E-state index in [1.165, 1.54) is 0 Å². The van der Waals surface area contributed by atoms with Crippen molar-refractivity contribution in [2.24, 2.45) is 12.5 Å². The molecule has 1 aromatic carbocycles. The highest BCUT2D eigenvalue weighted by Crippen LogP contribution is 2.31. The van der Waals surface area contributed by atoms with Gasteiger partial charge in [-0.05, 0) is 38.8 Å². The molecular formula is C15H19NO2. The first kappa shape index (κ1) is 12.7. The lowest BCUT2D eigenvalue weighted by Crippen LogP contribution is -2.26. The molecule has 96 valence electrons. The van der Waals surface area contributed by atoms with Gasteiger partial charge in [-0.1, -0.05) is 18.2 Å². The van der Waals surface area contributed by atoms with Crippen molar-refractivity contribution < 1.29 is 9.90 Å². The highest BCUT2D eigenvalue weighted by Gasteiger charge is 2.29. The summed E-state index contributed by atoms with van der Waals surface area (Å²) in [5, 5.41) is 10.4. The van der Waals surface area contributed by atoms with E-state index in [4.69, 9.17) is 0 Å². The van der Waals surface area contributed by atoms with E-state index in [2.05, 4.69) is 16.7 Å². The van der Waals surface area contributed by atoms with Crippen LogP contribution in [0.25, 0.3) is 10.9 Å². The van der Waals surface area contributed by atoms with Crippen molar-refractivity contribution in [1.29, 1.82) is 0 Å². The van der Waals surface area contributed by atoms with Crippen LogP contribution in [0.2, 0.25) is 0 Å². The quantitative estimate of drug-likeness (QED) is 0.902. The van der Waals surface area contributed by atoms with E-state index < -0.39 is 11.4 Å². The van der Waals surface area contributed by atoms with Crippen LogP contribution in [0.1, 0.15) is 25.1 Å². The molecule has 0 aliphatic rings. The molecule has 0 fully saturated rings. The summed E-state index contributed by atoms with van der Waals surface area (Å²) in [5.41, 5.74) is 2.70. The van der Waals surface area contributed by atoms with Crippen LogP contribution >= 0.6 is 0 Å². The molecule has 1 heterocycles. The Morgan fingerprint density at radius 2 is 1.94 bits per heavy atom. The van der Waals surface area contributed by atoms with Gasteiger partial charge in [-0.3, -0.25) is 4.79 Å². The molecule has 0 saturated carbocycles. The van der Waals surface area contributed by atoms with Gasteiger partial charge >= 0.3 is 5.97 Å². The molecule has 2 rings (SSSR count). The minimum Gasteiger partial charge on any atom is -0.481 e. The topological polar surface area (TPSA) is 42.2 Å². The fraction of sp³-hybridized carbons (Fsp3) is 0.400. The van der Waals surface area contributed by atoms with E-state index in [0.29, 0.717) is 6.42 Å². The number of benzene rings is 1. The van der Waals surface area contributed by atoms with Gasteiger partial charge in [0.05, 0.1) is 5.41 Å². The maximum Gasteiger partial charge on any atom is 0.309 e. The molecule has 0 aliphatic carbocycles. The van der Waals surface area contributed by atoms with Crippen molar-refractivity contribution in [3.05, 3.63) is 35.5 Å². The van der Waals surface area contributed by atoms with E-state index in [-0.39, 0.29) is 0 Å². The normalized spacial score (nSPS) is 12.0. The average molecular weight is 245 g/mol. The lowest BCUT2D eigenvalue weighted by molar-refractivity contribution is -0.146. The minimum atomic E-state index is -0.755. The number of fused-ring (bicyclic) bond motifs is 1. The third-order valence-corrected chi connectivity index (χ3v) is 3.73. The Hall–Kier alpha value is -1.77. The van der Waals surface area contributed by atoms with Crippen LogP contribution in [0.3, 0.4) is 0 Å². The molecule has 2 aromatic rings. The molecule has 18 heavy (non-hydrogen) atoms. The van der Waals surface area contributed by atoms with Crippen LogP contribution < -0.4 is 0 Å². The molecule has 1 N–H and O–H groups in total. The van der Waals surface area contributed by atoms with Crippen molar-refractivity contribution in [3.8, 4) is 0 Å². The molecule has 0 atom stereocenters. The Labute approximate surface area is 107 Å². The van der Waals surface area contributed by atoms with E-state index in [9.17, 15) is 9.90 Å². The van der Waals surface area contributed by atoms with Crippen LogP contribution in [-0.2, 0) is 18.3 Å². The number of rotatable bonds is 3. The molecule has 0 aliphatic heterocycles. The summed E-state index contributed by atoms with van der Waals surface area (Å²) in [6.07, 6.45) is 0.551. The summed E-state index contributed by atoms with van der Waals surface area (Å²) in [5.74, 6) is -0.755. The second kappa shape index (κ2) is 4.16. The minimum absolute atomic E-state index is 0.551. The second-order valence-corrected chi connectivity index (χ2v) is 5.51. The Kier molecular flexibility index (Phi) is 2.93. The van der Waals surface area contributed by atoms with Crippen molar-refractivity contribution >= 4 is 16.9 Å². The van der Waals surface area contributed by atoms with Gasteiger partial charge in [-0.15, -0.1) is 0 Å². The zero-order chi connectivity index (χ0) is 13.5. The van der Waals surface area contributed by atoms with Gasteiger partial charge in [-0.25, -0.2) is 0 Å². The summed E-state index contributed by atoms with van der Waals surface area (Å²) in [6, 6.07) is 8.14. The van der Waals surface area contributed by atoms with Gasteiger partial charge in [0.1, 0.15) is 0 Å². The number of para-hydroxylation sites is 1. The average Bonchev–Trinajstić information content (AvgIpc) is 2.55. The summed E-state index contributed by atoms with van der Waals surface area (Å²) in [4.78, 5) is 11.3. The summed E-state index contributed by atoms with van der Waals surface area (Å²) in [7, 11) is 2.02. The SMILES string of the molecule is Cc1c(CC(C)(C)C(=O)O)c2ccccc2n1C. The number of carbonyl (C=O) groups is 1. The molecule has 0 radical (unpaired) electrons. The molecule has 1 aromatic heterocycles. The summed E-state index contributed by atoms with van der Waals surface area (Å²) < 4.78 is 2.13. The van der Waals surface area contributed by atoms with Gasteiger partial charge in [0, 0.05) is 23.6 Å². The number of hydrogen-bond acceptors (Lipinski definition) is 1. The van der Waals surface area contributed by atoms with E-state index in [1.54, 1.807) is 13.8 Å². The highest BCUT2D eigenvalue weighted by atomic mass is 16.4. The smallest absolute Gasteiger partial charge is 0.309 e. The lowest BCUT2D eigenvalue weighted by atomic mass is 9.85. The number of hydrogen-bond donors (Lipinski definition) is 1. The van der Waals surface area contributed by atoms with Gasteiger partial charge in [0.2, 0.25) is 0 Å². The first-order valence-electron chi connectivity index (χ1n) is 6.11. The third kappa shape index (κ3) is 1.90. The molecule has 0 bridgehead atoms. The number of aliphatic carboxylic acids is 1. The van der Waals surface area contributed by atoms with Crippen molar-refractivity contribution in [3.63, 3.8) is 0 Å². The Morgan fingerprint density at radius 1 is 1.33 bits per heavy atom. The molecular weight excluding hydrogens is 226 g/mol. The van der Waals surface area contributed by atoms with Crippen molar-refractivity contribution in [1.82, 2.24) is 4.57 Å². The molecule has 3 heteroatoms. The van der Waals surface area contributed by atoms with Gasteiger partial charge in [0.15, 0.2) is 0 Å². The highest BCUT2D eigenvalue weighted by molar-refractivity contribution is 5.86. The fourth-order valence-electron chi connectivity index (χ4n) is 2.34. The Morgan fingerprint density at radius 3 is 2.56 bits per heavy atom. The van der Waals surface area contributed by atoms with Crippen LogP contribution in [-0.4, -0.2) is 15.6 Å². The maximum atomic E-state index is 11.3. The summed E-state index contributed by atoms with van der Waals surface area (Å²) in [6.45, 7) is 5.60. The standard InChI is InChI=1S/C15H19NO2/c1-10-12(9-15(2,3)14(17)18)11-7-5-6-8-13(11)16(10)4/h5-8H,9H2,1-4H3,(H,17,18). The van der Waals surface area contributed by atoms with Crippen molar-refractivity contribution in [2.45, 2.75) is 27.2 Å². The molecule has 0 saturated heterocycles. The Balaban J connectivity index is 2.58. The first-order chi connectivity index (χ1) is 8.34. The number of carboxylic acids is 1. The fourth-order valence-corrected chi connectivity index (χ4v) is 2.34. The molecule has 3 nitrogen and oxygen atoms in total. The number of carboxylic acid groups (broad SMARTS) is 1. The first-order valence-corrected chi connectivity index (χ1v) is 6.11. The molecule has 0 spiro atoms. The number of aryl methyl sites for hydroxylation is 1. The predicted molar refractivity (Wildman–Crippen MR) is 72.8 cm³/mol. The van der Waals surface area contributed by atoms with E-state index >= 15 is 0 Å². The van der Waals surface area contributed by atoms with E-state index in [1.807, 2.05) is 26.1 Å². The number of nitrogens with zero attached hydrogens (tertiary/aromatic N) is 1. The van der Waals surface area contributed by atoms with Crippen LogP contribution in [0, 0.1) is 12.3 Å². The molecule has 0 unspecified atom stereocenters. The Bertz CT molecular complexity index is 608. The monoisotopic (exact) mass is 245 g/mol. The van der Waals surface area contributed by atoms with Crippen LogP contribution in [0.5, 0.6) is 0 Å². The van der Waals surface area contributed by atoms with Crippen molar-refractivity contribution in [2.75, 3.05) is 0 Å². The largest absolute Gasteiger partial charge is 0.481 e. The summed E-state index contributed by atoms with van der Waals surface area (Å²) >= 11 is 0. The molecule has 0 amide bonds. The van der Waals surface area contributed by atoms with Gasteiger partial charge in [0.25, 0.3) is 0 Å². The van der Waals surface area contributed by atoms with Gasteiger partial charge < -0.3 is 9.67 Å². The van der Waals surface area contributed by atoms with Crippen LogP contribution in [0.15, 0.2) is 24.3 Å². The zero-order valence-corrected chi connectivity index (χ0v) is 11.3. The van der Waals surface area contributed by atoms with Crippen LogP contribution in [0.4, 0.5) is 0 Å². The zero-order valence-electron chi connectivity index (χ0n) is 11.3. The number of aromatic nitrogens is 1.